The molecule has 1 N–H and O–H groups in total. The summed E-state index contributed by atoms with van der Waals surface area (Å²) in [6, 6.07) is 0.687. The summed E-state index contributed by atoms with van der Waals surface area (Å²) in [4.78, 5) is 6.87. The Kier molecular flexibility index (Phi) is 4.75. The van der Waals surface area contributed by atoms with Gasteiger partial charge in [0.2, 0.25) is 0 Å². The molecule has 2 rings (SSSR count). The van der Waals surface area contributed by atoms with Gasteiger partial charge in [0.1, 0.15) is 0 Å². The first kappa shape index (κ1) is 12.0. The van der Waals surface area contributed by atoms with E-state index >= 15 is 0 Å². The number of aromatic nitrogens is 1. The molecule has 0 spiro atoms. The van der Waals surface area contributed by atoms with E-state index in [1.54, 1.807) is 11.3 Å². The Morgan fingerprint density at radius 3 is 3.31 bits per heavy atom. The van der Waals surface area contributed by atoms with Gasteiger partial charge in [0, 0.05) is 24.5 Å². The molecule has 0 aliphatic carbocycles. The maximum absolute atomic E-state index is 4.35. The molecule has 4 heteroatoms. The summed E-state index contributed by atoms with van der Waals surface area (Å²) in [5.74, 6) is 0. The third-order valence-electron chi connectivity index (χ3n) is 3.06. The fourth-order valence-corrected chi connectivity index (χ4v) is 2.81. The number of hydrogen-bond acceptors (Lipinski definition) is 4. The van der Waals surface area contributed by atoms with E-state index < -0.39 is 0 Å². The lowest BCUT2D eigenvalue weighted by molar-refractivity contribution is 0.182. The standard InChI is InChI=1S/C12H21N3S/c1-2-5-13-11-4-3-6-15(7-11)8-12-9-16-10-14-12/h9-11,13H,2-8H2,1H3. The van der Waals surface area contributed by atoms with Gasteiger partial charge in [0.15, 0.2) is 0 Å². The van der Waals surface area contributed by atoms with Gasteiger partial charge < -0.3 is 5.32 Å². The van der Waals surface area contributed by atoms with E-state index in [-0.39, 0.29) is 0 Å². The normalized spacial score (nSPS) is 22.4. The van der Waals surface area contributed by atoms with E-state index in [9.17, 15) is 0 Å². The van der Waals surface area contributed by atoms with Crippen molar-refractivity contribution in [1.29, 1.82) is 0 Å². The Labute approximate surface area is 102 Å². The quantitative estimate of drug-likeness (QED) is 0.853. The second-order valence-corrected chi connectivity index (χ2v) is 5.23. The number of piperidine rings is 1. The molecule has 1 aliphatic rings. The van der Waals surface area contributed by atoms with Gasteiger partial charge in [-0.1, -0.05) is 6.92 Å². The van der Waals surface area contributed by atoms with Gasteiger partial charge in [-0.3, -0.25) is 4.90 Å². The second kappa shape index (κ2) is 6.33. The predicted octanol–water partition coefficient (Wildman–Crippen LogP) is 2.11. The van der Waals surface area contributed by atoms with Crippen molar-refractivity contribution in [2.75, 3.05) is 19.6 Å². The molecule has 1 aliphatic heterocycles. The number of nitrogens with zero attached hydrogens (tertiary/aromatic N) is 2. The summed E-state index contributed by atoms with van der Waals surface area (Å²) in [7, 11) is 0. The first-order valence-corrected chi connectivity index (χ1v) is 7.15. The number of nitrogens with one attached hydrogen (secondary N) is 1. The van der Waals surface area contributed by atoms with E-state index in [4.69, 9.17) is 0 Å². The number of rotatable bonds is 5. The van der Waals surface area contributed by atoms with Crippen LogP contribution in [0.4, 0.5) is 0 Å². The summed E-state index contributed by atoms with van der Waals surface area (Å²) in [5.41, 5.74) is 3.15. The van der Waals surface area contributed by atoms with Gasteiger partial charge in [0.05, 0.1) is 11.2 Å². The number of thiazole rings is 1. The number of hydrogen-bond donors (Lipinski definition) is 1. The van der Waals surface area contributed by atoms with Gasteiger partial charge in [-0.05, 0) is 32.4 Å². The third-order valence-corrected chi connectivity index (χ3v) is 3.69. The molecule has 3 nitrogen and oxygen atoms in total. The van der Waals surface area contributed by atoms with Crippen LogP contribution in [0.1, 0.15) is 31.9 Å². The highest BCUT2D eigenvalue weighted by molar-refractivity contribution is 7.07. The van der Waals surface area contributed by atoms with Crippen molar-refractivity contribution in [1.82, 2.24) is 15.2 Å². The van der Waals surface area contributed by atoms with E-state index in [0.29, 0.717) is 6.04 Å². The van der Waals surface area contributed by atoms with Crippen molar-refractivity contribution in [3.8, 4) is 0 Å². The van der Waals surface area contributed by atoms with Crippen LogP contribution in [0.15, 0.2) is 10.9 Å². The van der Waals surface area contributed by atoms with Crippen LogP contribution in [0.2, 0.25) is 0 Å². The fraction of sp³-hybridized carbons (Fsp3) is 0.750. The molecule has 0 amide bonds. The molecule has 0 aromatic carbocycles. The molecule has 0 radical (unpaired) electrons. The van der Waals surface area contributed by atoms with E-state index in [1.807, 2.05) is 5.51 Å². The van der Waals surface area contributed by atoms with Crippen molar-refractivity contribution in [3.63, 3.8) is 0 Å². The number of likely N-dealkylation sites (tertiary alicyclic amines) is 1. The molecule has 0 bridgehead atoms. The SMILES string of the molecule is CCCNC1CCCN(Cc2cscn2)C1. The Morgan fingerprint density at radius 2 is 2.56 bits per heavy atom. The van der Waals surface area contributed by atoms with Crippen molar-refractivity contribution >= 4 is 11.3 Å². The van der Waals surface area contributed by atoms with Crippen molar-refractivity contribution in [3.05, 3.63) is 16.6 Å². The molecule has 1 fully saturated rings. The first-order chi connectivity index (χ1) is 7.88. The zero-order valence-corrected chi connectivity index (χ0v) is 10.8. The summed E-state index contributed by atoms with van der Waals surface area (Å²) >= 11 is 1.69. The van der Waals surface area contributed by atoms with Crippen molar-refractivity contribution in [2.45, 2.75) is 38.8 Å². The van der Waals surface area contributed by atoms with E-state index in [2.05, 4.69) is 27.5 Å². The predicted molar refractivity (Wildman–Crippen MR) is 68.7 cm³/mol. The first-order valence-electron chi connectivity index (χ1n) is 6.21. The molecule has 16 heavy (non-hydrogen) atoms. The summed E-state index contributed by atoms with van der Waals surface area (Å²) in [6.07, 6.45) is 3.86. The highest BCUT2D eigenvalue weighted by Crippen LogP contribution is 2.13. The lowest BCUT2D eigenvalue weighted by Crippen LogP contribution is -2.45. The molecule has 1 saturated heterocycles. The van der Waals surface area contributed by atoms with Crippen LogP contribution >= 0.6 is 11.3 Å². The van der Waals surface area contributed by atoms with Crippen LogP contribution in [-0.2, 0) is 6.54 Å². The topological polar surface area (TPSA) is 28.2 Å². The molecule has 1 unspecified atom stereocenters. The molecule has 1 aromatic heterocycles. The van der Waals surface area contributed by atoms with Crippen molar-refractivity contribution < 1.29 is 0 Å². The average Bonchev–Trinajstić information content (AvgIpc) is 2.80. The molecule has 0 saturated carbocycles. The lowest BCUT2D eigenvalue weighted by Gasteiger charge is -2.32. The smallest absolute Gasteiger partial charge is 0.0795 e. The second-order valence-electron chi connectivity index (χ2n) is 4.51. The Bertz CT molecular complexity index is 286. The molecule has 1 atom stereocenters. The minimum Gasteiger partial charge on any atom is -0.313 e. The van der Waals surface area contributed by atoms with Gasteiger partial charge in [0.25, 0.3) is 0 Å². The fourth-order valence-electron chi connectivity index (χ4n) is 2.26. The van der Waals surface area contributed by atoms with E-state index in [0.717, 1.165) is 13.1 Å². The maximum Gasteiger partial charge on any atom is 0.0795 e. The van der Waals surface area contributed by atoms with Crippen LogP contribution in [0.3, 0.4) is 0 Å². The van der Waals surface area contributed by atoms with Crippen LogP contribution in [-0.4, -0.2) is 35.6 Å². The van der Waals surface area contributed by atoms with Gasteiger partial charge in [-0.2, -0.15) is 0 Å². The van der Waals surface area contributed by atoms with E-state index in [1.165, 1.54) is 38.0 Å². The summed E-state index contributed by atoms with van der Waals surface area (Å²) < 4.78 is 0. The molecule has 1 aromatic rings. The highest BCUT2D eigenvalue weighted by Gasteiger charge is 2.19. The van der Waals surface area contributed by atoms with Gasteiger partial charge >= 0.3 is 0 Å². The molecule has 2 heterocycles. The summed E-state index contributed by atoms with van der Waals surface area (Å²) in [6.45, 7) is 6.80. The zero-order chi connectivity index (χ0) is 11.2. The largest absolute Gasteiger partial charge is 0.313 e. The van der Waals surface area contributed by atoms with Crippen LogP contribution in [0.25, 0.3) is 0 Å². The zero-order valence-electron chi connectivity index (χ0n) is 9.98. The molecule has 90 valence electrons. The molecular formula is C12H21N3S. The summed E-state index contributed by atoms with van der Waals surface area (Å²) in [5, 5.41) is 5.78. The van der Waals surface area contributed by atoms with Gasteiger partial charge in [-0.25, -0.2) is 4.98 Å². The Balaban J connectivity index is 1.77. The third kappa shape index (κ3) is 3.54. The maximum atomic E-state index is 4.35. The minimum atomic E-state index is 0.687. The monoisotopic (exact) mass is 239 g/mol. The molecular weight excluding hydrogens is 218 g/mol. The highest BCUT2D eigenvalue weighted by atomic mass is 32.1. The average molecular weight is 239 g/mol. The van der Waals surface area contributed by atoms with Crippen LogP contribution < -0.4 is 5.32 Å². The van der Waals surface area contributed by atoms with Crippen LogP contribution in [0.5, 0.6) is 0 Å². The Hall–Kier alpha value is -0.450. The van der Waals surface area contributed by atoms with Crippen molar-refractivity contribution in [2.24, 2.45) is 0 Å². The van der Waals surface area contributed by atoms with Crippen LogP contribution in [0, 0.1) is 0 Å². The van der Waals surface area contributed by atoms with Gasteiger partial charge in [-0.15, -0.1) is 11.3 Å². The lowest BCUT2D eigenvalue weighted by atomic mass is 10.1. The minimum absolute atomic E-state index is 0.687. The Morgan fingerprint density at radius 1 is 1.62 bits per heavy atom.